The Bertz CT molecular complexity index is 539. The topological polar surface area (TPSA) is 83.8 Å². The van der Waals surface area contributed by atoms with Gasteiger partial charge < -0.3 is 10.4 Å². The highest BCUT2D eigenvalue weighted by molar-refractivity contribution is 5.72. The number of rotatable bonds is 2. The number of anilines is 1. The molecule has 0 amide bonds. The molecule has 18 heavy (non-hydrogen) atoms. The molecule has 0 aromatic carbocycles. The van der Waals surface area contributed by atoms with Crippen molar-refractivity contribution in [3.63, 3.8) is 0 Å². The summed E-state index contributed by atoms with van der Waals surface area (Å²) in [6.07, 6.45) is 8.31. The van der Waals surface area contributed by atoms with Crippen molar-refractivity contribution in [3.8, 4) is 0 Å². The van der Waals surface area contributed by atoms with Gasteiger partial charge >= 0.3 is 0 Å². The average Bonchev–Trinajstić information content (AvgIpc) is 2.41. The van der Waals surface area contributed by atoms with Crippen LogP contribution < -0.4 is 5.32 Å². The van der Waals surface area contributed by atoms with Gasteiger partial charge in [-0.05, 0) is 25.7 Å². The van der Waals surface area contributed by atoms with E-state index in [0.29, 0.717) is 12.0 Å². The largest absolute Gasteiger partial charge is 0.393 e. The molecule has 0 radical (unpaired) electrons. The van der Waals surface area contributed by atoms with E-state index in [1.807, 2.05) is 0 Å². The second-order valence-corrected chi connectivity index (χ2v) is 4.64. The molecule has 6 nitrogen and oxygen atoms in total. The molecule has 1 aliphatic carbocycles. The van der Waals surface area contributed by atoms with Gasteiger partial charge in [-0.1, -0.05) is 0 Å². The van der Waals surface area contributed by atoms with E-state index in [2.05, 4.69) is 25.3 Å². The van der Waals surface area contributed by atoms with E-state index in [1.54, 1.807) is 12.4 Å². The maximum Gasteiger partial charge on any atom is 0.223 e. The van der Waals surface area contributed by atoms with Crippen LogP contribution in [0.5, 0.6) is 0 Å². The lowest BCUT2D eigenvalue weighted by Crippen LogP contribution is -2.28. The zero-order valence-electron chi connectivity index (χ0n) is 9.95. The number of hydrogen-bond acceptors (Lipinski definition) is 6. The molecule has 1 aliphatic rings. The maximum absolute atomic E-state index is 9.46. The van der Waals surface area contributed by atoms with Gasteiger partial charge in [0.2, 0.25) is 5.95 Å². The van der Waals surface area contributed by atoms with Crippen molar-refractivity contribution in [2.75, 3.05) is 5.32 Å². The lowest BCUT2D eigenvalue weighted by atomic mass is 9.93. The monoisotopic (exact) mass is 245 g/mol. The molecule has 0 aliphatic heterocycles. The minimum absolute atomic E-state index is 0.144. The van der Waals surface area contributed by atoms with Crippen molar-refractivity contribution < 1.29 is 5.11 Å². The molecule has 3 rings (SSSR count). The van der Waals surface area contributed by atoms with Crippen LogP contribution in [-0.4, -0.2) is 37.2 Å². The summed E-state index contributed by atoms with van der Waals surface area (Å²) in [6.45, 7) is 0. The third kappa shape index (κ3) is 2.38. The third-order valence-electron chi connectivity index (χ3n) is 3.29. The first-order chi connectivity index (χ1) is 8.81. The molecule has 2 heterocycles. The molecule has 6 heteroatoms. The first-order valence-corrected chi connectivity index (χ1v) is 6.18. The Balaban J connectivity index is 1.74. The first-order valence-electron chi connectivity index (χ1n) is 6.18. The number of aliphatic hydroxyl groups is 1. The lowest BCUT2D eigenvalue weighted by Gasteiger charge is -2.26. The quantitative estimate of drug-likeness (QED) is 0.825. The summed E-state index contributed by atoms with van der Waals surface area (Å²) < 4.78 is 0. The van der Waals surface area contributed by atoms with E-state index in [0.717, 1.165) is 36.7 Å². The molecule has 0 spiro atoms. The molecule has 1 saturated carbocycles. The number of aliphatic hydroxyl groups excluding tert-OH is 1. The molecule has 2 N–H and O–H groups in total. The van der Waals surface area contributed by atoms with Gasteiger partial charge in [0.05, 0.1) is 18.5 Å². The van der Waals surface area contributed by atoms with Gasteiger partial charge in [-0.15, -0.1) is 0 Å². The van der Waals surface area contributed by atoms with E-state index in [9.17, 15) is 5.11 Å². The first kappa shape index (κ1) is 11.3. The molecule has 2 aromatic rings. The highest BCUT2D eigenvalue weighted by atomic mass is 16.3. The number of hydrogen-bond donors (Lipinski definition) is 2. The van der Waals surface area contributed by atoms with E-state index >= 15 is 0 Å². The van der Waals surface area contributed by atoms with Crippen molar-refractivity contribution in [3.05, 3.63) is 18.7 Å². The van der Waals surface area contributed by atoms with Crippen molar-refractivity contribution in [1.82, 2.24) is 19.9 Å². The number of nitrogens with one attached hydrogen (secondary N) is 1. The van der Waals surface area contributed by atoms with E-state index in [4.69, 9.17) is 0 Å². The summed E-state index contributed by atoms with van der Waals surface area (Å²) in [4.78, 5) is 16.7. The van der Waals surface area contributed by atoms with Gasteiger partial charge in [-0.25, -0.2) is 19.9 Å². The van der Waals surface area contributed by atoms with Gasteiger partial charge in [0.15, 0.2) is 0 Å². The van der Waals surface area contributed by atoms with Crippen LogP contribution in [0.1, 0.15) is 25.7 Å². The molecule has 0 saturated heterocycles. The van der Waals surface area contributed by atoms with Crippen LogP contribution in [0.25, 0.3) is 11.0 Å². The minimum Gasteiger partial charge on any atom is -0.393 e. The van der Waals surface area contributed by atoms with Crippen molar-refractivity contribution in [2.24, 2.45) is 0 Å². The number of nitrogens with zero attached hydrogens (tertiary/aromatic N) is 4. The highest BCUT2D eigenvalue weighted by Crippen LogP contribution is 2.21. The Hall–Kier alpha value is -1.82. The fraction of sp³-hybridized carbons (Fsp3) is 0.500. The summed E-state index contributed by atoms with van der Waals surface area (Å²) >= 11 is 0. The van der Waals surface area contributed by atoms with Crippen LogP contribution in [0.2, 0.25) is 0 Å². The number of aromatic nitrogens is 4. The summed E-state index contributed by atoms with van der Waals surface area (Å²) in [7, 11) is 0. The van der Waals surface area contributed by atoms with Crippen molar-refractivity contribution in [1.29, 1.82) is 0 Å². The zero-order valence-corrected chi connectivity index (χ0v) is 9.95. The third-order valence-corrected chi connectivity index (χ3v) is 3.29. The van der Waals surface area contributed by atoms with Crippen LogP contribution in [0.4, 0.5) is 5.95 Å². The second kappa shape index (κ2) is 4.81. The smallest absolute Gasteiger partial charge is 0.223 e. The Morgan fingerprint density at radius 3 is 2.72 bits per heavy atom. The Morgan fingerprint density at radius 1 is 1.06 bits per heavy atom. The van der Waals surface area contributed by atoms with Crippen LogP contribution in [0.3, 0.4) is 0 Å². The van der Waals surface area contributed by atoms with E-state index < -0.39 is 0 Å². The predicted molar refractivity (Wildman–Crippen MR) is 67.0 cm³/mol. The standard InChI is InChI=1S/C12H15N5O/c18-9-3-1-8(2-4-9)16-12-14-6-10-11(17-12)5-13-7-15-10/h5-9,18H,1-4H2,(H,14,16,17). The Kier molecular flexibility index (Phi) is 3.02. The van der Waals surface area contributed by atoms with Gasteiger partial charge in [-0.3, -0.25) is 0 Å². The number of fused-ring (bicyclic) bond motifs is 1. The fourth-order valence-electron chi connectivity index (χ4n) is 2.25. The molecular weight excluding hydrogens is 230 g/mol. The minimum atomic E-state index is -0.144. The van der Waals surface area contributed by atoms with Gasteiger partial charge in [0.1, 0.15) is 17.4 Å². The van der Waals surface area contributed by atoms with Crippen LogP contribution in [0, 0.1) is 0 Å². The van der Waals surface area contributed by atoms with Crippen LogP contribution in [-0.2, 0) is 0 Å². The summed E-state index contributed by atoms with van der Waals surface area (Å²) in [5.74, 6) is 0.610. The molecule has 0 unspecified atom stereocenters. The fourth-order valence-corrected chi connectivity index (χ4v) is 2.25. The highest BCUT2D eigenvalue weighted by Gasteiger charge is 2.19. The van der Waals surface area contributed by atoms with Gasteiger partial charge in [0.25, 0.3) is 0 Å². The summed E-state index contributed by atoms with van der Waals surface area (Å²) in [5, 5.41) is 12.8. The average molecular weight is 245 g/mol. The molecular formula is C12H15N5O. The van der Waals surface area contributed by atoms with E-state index in [-0.39, 0.29) is 6.10 Å². The zero-order chi connectivity index (χ0) is 12.4. The van der Waals surface area contributed by atoms with Crippen LogP contribution in [0.15, 0.2) is 18.7 Å². The Labute approximate surface area is 105 Å². The molecule has 0 atom stereocenters. The second-order valence-electron chi connectivity index (χ2n) is 4.64. The Morgan fingerprint density at radius 2 is 1.89 bits per heavy atom. The van der Waals surface area contributed by atoms with Crippen LogP contribution >= 0.6 is 0 Å². The molecule has 2 aromatic heterocycles. The van der Waals surface area contributed by atoms with Crippen molar-refractivity contribution >= 4 is 17.0 Å². The summed E-state index contributed by atoms with van der Waals surface area (Å²) in [6, 6.07) is 0.343. The van der Waals surface area contributed by atoms with Gasteiger partial charge in [0, 0.05) is 6.04 Å². The summed E-state index contributed by atoms with van der Waals surface area (Å²) in [5.41, 5.74) is 1.49. The van der Waals surface area contributed by atoms with Crippen molar-refractivity contribution in [2.45, 2.75) is 37.8 Å². The molecule has 94 valence electrons. The van der Waals surface area contributed by atoms with Gasteiger partial charge in [-0.2, -0.15) is 0 Å². The van der Waals surface area contributed by atoms with E-state index in [1.165, 1.54) is 6.33 Å². The molecule has 1 fully saturated rings. The maximum atomic E-state index is 9.46. The normalized spacial score (nSPS) is 24.1. The predicted octanol–water partition coefficient (Wildman–Crippen LogP) is 1.14. The lowest BCUT2D eigenvalue weighted by molar-refractivity contribution is 0.126. The molecule has 0 bridgehead atoms. The SMILES string of the molecule is OC1CCC(Nc2ncc3ncncc3n2)CC1.